The van der Waals surface area contributed by atoms with Crippen LogP contribution >= 0.6 is 0 Å². The Hall–Kier alpha value is -7.36. The predicted octanol–water partition coefficient (Wildman–Crippen LogP) is 14.8. The molecule has 1 aliphatic heterocycles. The SMILES string of the molecule is c1ccc(C(c2ccc3c(c2)Oc2ccc(N(c4ccccc4)c4cc5ccccc5c5ccccc45)cc2O3)c2cc3ccccc3c3ccccc23)cc1. The quantitative estimate of drug-likeness (QED) is 0.126. The van der Waals surface area contributed by atoms with Crippen LogP contribution in [0.15, 0.2) is 206 Å². The van der Waals surface area contributed by atoms with E-state index >= 15 is 0 Å². The number of rotatable bonds is 6. The molecule has 56 heavy (non-hydrogen) atoms. The molecule has 0 radical (unpaired) electrons. The van der Waals surface area contributed by atoms with Crippen molar-refractivity contribution < 1.29 is 9.47 Å². The van der Waals surface area contributed by atoms with E-state index < -0.39 is 0 Å². The molecular weight excluding hydrogens is 683 g/mol. The molecular formula is C53H35NO2. The Morgan fingerprint density at radius 1 is 0.321 bits per heavy atom. The van der Waals surface area contributed by atoms with Gasteiger partial charge >= 0.3 is 0 Å². The Labute approximate surface area is 325 Å². The Balaban J connectivity index is 1.01. The molecule has 11 rings (SSSR count). The molecule has 0 aliphatic carbocycles. The third-order valence-electron chi connectivity index (χ3n) is 11.2. The number of hydrogen-bond donors (Lipinski definition) is 0. The highest BCUT2D eigenvalue weighted by atomic mass is 16.6. The van der Waals surface area contributed by atoms with Crippen LogP contribution < -0.4 is 14.4 Å². The molecule has 1 heterocycles. The van der Waals surface area contributed by atoms with E-state index in [-0.39, 0.29) is 5.92 Å². The maximum absolute atomic E-state index is 6.73. The summed E-state index contributed by atoms with van der Waals surface area (Å²) in [7, 11) is 0. The van der Waals surface area contributed by atoms with Gasteiger partial charge in [-0.2, -0.15) is 0 Å². The first kappa shape index (κ1) is 32.1. The minimum atomic E-state index is -0.0282. The van der Waals surface area contributed by atoms with E-state index in [2.05, 4.69) is 205 Å². The molecule has 0 bridgehead atoms. The van der Waals surface area contributed by atoms with Gasteiger partial charge in [-0.1, -0.05) is 152 Å². The van der Waals surface area contributed by atoms with Gasteiger partial charge in [0, 0.05) is 23.1 Å². The van der Waals surface area contributed by atoms with Crippen LogP contribution in [0.5, 0.6) is 23.0 Å². The van der Waals surface area contributed by atoms with Gasteiger partial charge in [0.25, 0.3) is 0 Å². The standard InChI is InChI=1S/C53H35NO2/c1-3-15-35(16-4-1)53(47-31-36-17-7-9-21-41(36)43-23-11-12-25-45(43)47)38-27-29-49-51(33-38)55-50-30-28-40(34-52(50)56-49)54(39-19-5-2-6-20-39)48-32-37-18-8-10-22-42(37)44-24-13-14-26-46(44)48/h1-34,53H. The molecule has 1 aliphatic rings. The number of fused-ring (bicyclic) bond motifs is 8. The highest BCUT2D eigenvalue weighted by Crippen LogP contribution is 2.51. The number of para-hydroxylation sites is 1. The molecule has 0 fully saturated rings. The van der Waals surface area contributed by atoms with Crippen LogP contribution in [0.3, 0.4) is 0 Å². The van der Waals surface area contributed by atoms with Crippen LogP contribution in [0.4, 0.5) is 17.1 Å². The van der Waals surface area contributed by atoms with E-state index in [0.29, 0.717) is 23.0 Å². The van der Waals surface area contributed by atoms with Crippen molar-refractivity contribution in [2.24, 2.45) is 0 Å². The van der Waals surface area contributed by atoms with Gasteiger partial charge in [-0.3, -0.25) is 0 Å². The zero-order valence-corrected chi connectivity index (χ0v) is 30.5. The maximum atomic E-state index is 6.73. The summed E-state index contributed by atoms with van der Waals surface area (Å²) in [4.78, 5) is 2.31. The number of ether oxygens (including phenoxy) is 2. The zero-order chi connectivity index (χ0) is 37.0. The van der Waals surface area contributed by atoms with E-state index in [0.717, 1.165) is 22.6 Å². The van der Waals surface area contributed by atoms with Crippen LogP contribution in [0.25, 0.3) is 43.1 Å². The molecule has 0 saturated carbocycles. The topological polar surface area (TPSA) is 21.7 Å². The lowest BCUT2D eigenvalue weighted by atomic mass is 9.81. The fourth-order valence-electron chi connectivity index (χ4n) is 8.65. The van der Waals surface area contributed by atoms with Gasteiger partial charge in [-0.05, 0) is 103 Å². The van der Waals surface area contributed by atoms with Crippen LogP contribution in [0.1, 0.15) is 22.6 Å². The Morgan fingerprint density at radius 2 is 0.839 bits per heavy atom. The van der Waals surface area contributed by atoms with E-state index in [1.54, 1.807) is 0 Å². The number of hydrogen-bond acceptors (Lipinski definition) is 3. The van der Waals surface area contributed by atoms with Crippen molar-refractivity contribution in [2.75, 3.05) is 4.90 Å². The second kappa shape index (κ2) is 13.2. The van der Waals surface area contributed by atoms with E-state index in [9.17, 15) is 0 Å². The summed E-state index contributed by atoms with van der Waals surface area (Å²) in [5.41, 5.74) is 6.75. The van der Waals surface area contributed by atoms with Crippen molar-refractivity contribution in [3.05, 3.63) is 223 Å². The molecule has 264 valence electrons. The molecule has 1 atom stereocenters. The van der Waals surface area contributed by atoms with Gasteiger partial charge in [0.2, 0.25) is 0 Å². The summed E-state index contributed by atoms with van der Waals surface area (Å²) in [6.07, 6.45) is 0. The molecule has 1 unspecified atom stereocenters. The summed E-state index contributed by atoms with van der Waals surface area (Å²) in [5.74, 6) is 2.72. The number of benzene rings is 10. The van der Waals surface area contributed by atoms with Gasteiger partial charge in [-0.25, -0.2) is 0 Å². The second-order valence-corrected chi connectivity index (χ2v) is 14.5. The lowest BCUT2D eigenvalue weighted by Crippen LogP contribution is -2.11. The normalized spacial score (nSPS) is 12.5. The van der Waals surface area contributed by atoms with Crippen LogP contribution in [-0.4, -0.2) is 0 Å². The van der Waals surface area contributed by atoms with Gasteiger partial charge in [0.05, 0.1) is 11.4 Å². The van der Waals surface area contributed by atoms with Crippen molar-refractivity contribution >= 4 is 60.2 Å². The highest BCUT2D eigenvalue weighted by Gasteiger charge is 2.26. The molecule has 3 nitrogen and oxygen atoms in total. The fourth-order valence-corrected chi connectivity index (χ4v) is 8.65. The first-order valence-corrected chi connectivity index (χ1v) is 19.1. The zero-order valence-electron chi connectivity index (χ0n) is 30.5. The predicted molar refractivity (Wildman–Crippen MR) is 232 cm³/mol. The Bertz CT molecular complexity index is 2890. The Kier molecular flexibility index (Phi) is 7.56. The lowest BCUT2D eigenvalue weighted by molar-refractivity contribution is 0.359. The van der Waals surface area contributed by atoms with E-state index in [4.69, 9.17) is 9.47 Å². The van der Waals surface area contributed by atoms with Crippen molar-refractivity contribution in [3.63, 3.8) is 0 Å². The third kappa shape index (κ3) is 5.36. The molecule has 0 N–H and O–H groups in total. The molecule has 0 spiro atoms. The molecule has 10 aromatic rings. The van der Waals surface area contributed by atoms with Crippen LogP contribution in [-0.2, 0) is 0 Å². The first-order chi connectivity index (χ1) is 27.8. The van der Waals surface area contributed by atoms with Crippen molar-refractivity contribution in [3.8, 4) is 23.0 Å². The third-order valence-corrected chi connectivity index (χ3v) is 11.2. The summed E-state index contributed by atoms with van der Waals surface area (Å²) in [5, 5.41) is 9.81. The number of nitrogens with zero attached hydrogens (tertiary/aromatic N) is 1. The molecule has 3 heteroatoms. The summed E-state index contributed by atoms with van der Waals surface area (Å²) < 4.78 is 13.4. The molecule has 0 saturated heterocycles. The van der Waals surface area contributed by atoms with Crippen LogP contribution in [0.2, 0.25) is 0 Å². The van der Waals surface area contributed by atoms with Gasteiger partial charge < -0.3 is 14.4 Å². The minimum absolute atomic E-state index is 0.0282. The smallest absolute Gasteiger partial charge is 0.172 e. The summed E-state index contributed by atoms with van der Waals surface area (Å²) in [6.45, 7) is 0. The van der Waals surface area contributed by atoms with E-state index in [1.807, 2.05) is 6.07 Å². The van der Waals surface area contributed by atoms with Crippen LogP contribution in [0, 0.1) is 0 Å². The first-order valence-electron chi connectivity index (χ1n) is 19.1. The molecule has 0 amide bonds. The van der Waals surface area contributed by atoms with Gasteiger partial charge in [0.15, 0.2) is 23.0 Å². The minimum Gasteiger partial charge on any atom is -0.449 e. The van der Waals surface area contributed by atoms with Crippen molar-refractivity contribution in [2.45, 2.75) is 5.92 Å². The molecule has 0 aromatic heterocycles. The summed E-state index contributed by atoms with van der Waals surface area (Å²) >= 11 is 0. The van der Waals surface area contributed by atoms with Gasteiger partial charge in [0.1, 0.15) is 0 Å². The summed E-state index contributed by atoms with van der Waals surface area (Å²) in [6, 6.07) is 73.3. The van der Waals surface area contributed by atoms with Gasteiger partial charge in [-0.15, -0.1) is 0 Å². The second-order valence-electron chi connectivity index (χ2n) is 14.5. The molecule has 10 aromatic carbocycles. The lowest BCUT2D eigenvalue weighted by Gasteiger charge is -2.29. The highest BCUT2D eigenvalue weighted by molar-refractivity contribution is 6.14. The average Bonchev–Trinajstić information content (AvgIpc) is 3.26. The fraction of sp³-hybridized carbons (Fsp3) is 0.0189. The van der Waals surface area contributed by atoms with Crippen molar-refractivity contribution in [1.82, 2.24) is 0 Å². The Morgan fingerprint density at radius 3 is 1.54 bits per heavy atom. The largest absolute Gasteiger partial charge is 0.449 e. The maximum Gasteiger partial charge on any atom is 0.172 e. The average molecular weight is 718 g/mol. The monoisotopic (exact) mass is 717 g/mol. The number of anilines is 3. The van der Waals surface area contributed by atoms with E-state index in [1.165, 1.54) is 54.2 Å². The van der Waals surface area contributed by atoms with Crippen molar-refractivity contribution in [1.29, 1.82) is 0 Å².